The molecular formula is C18H24F4N2O3. The molecule has 1 aliphatic rings. The quantitative estimate of drug-likeness (QED) is 0.725. The van der Waals surface area contributed by atoms with Crippen LogP contribution in [0.2, 0.25) is 0 Å². The highest BCUT2D eigenvalue weighted by Crippen LogP contribution is 2.31. The molecule has 1 aromatic rings. The van der Waals surface area contributed by atoms with Crippen molar-refractivity contribution in [3.05, 3.63) is 29.8 Å². The summed E-state index contributed by atoms with van der Waals surface area (Å²) >= 11 is 0. The summed E-state index contributed by atoms with van der Waals surface area (Å²) in [7, 11) is 3.79. The van der Waals surface area contributed by atoms with Crippen LogP contribution in [0.25, 0.3) is 0 Å². The van der Waals surface area contributed by atoms with E-state index >= 15 is 0 Å². The Balaban J connectivity index is 2.23. The highest BCUT2D eigenvalue weighted by Gasteiger charge is 2.45. The Morgan fingerprint density at radius 3 is 2.52 bits per heavy atom. The summed E-state index contributed by atoms with van der Waals surface area (Å²) in [6.07, 6.45) is -7.97. The van der Waals surface area contributed by atoms with Gasteiger partial charge in [-0.25, -0.2) is 0 Å². The summed E-state index contributed by atoms with van der Waals surface area (Å²) in [5.74, 6) is -1.21. The number of rotatable bonds is 7. The van der Waals surface area contributed by atoms with Gasteiger partial charge in [-0.2, -0.15) is 17.6 Å². The summed E-state index contributed by atoms with van der Waals surface area (Å²) < 4.78 is 55.7. The lowest BCUT2D eigenvalue weighted by atomic mass is 9.89. The number of aliphatic hydroxyl groups excluding tert-OH is 1. The maximum Gasteiger partial charge on any atom is 0.461 e. The molecule has 0 aromatic heterocycles. The van der Waals surface area contributed by atoms with Gasteiger partial charge in [-0.3, -0.25) is 4.79 Å². The average Bonchev–Trinajstić information content (AvgIpc) is 2.60. The van der Waals surface area contributed by atoms with Crippen LogP contribution in [-0.4, -0.2) is 73.7 Å². The van der Waals surface area contributed by atoms with Crippen molar-refractivity contribution in [3.8, 4) is 5.75 Å². The molecule has 1 aliphatic heterocycles. The molecule has 1 amide bonds. The predicted octanol–water partition coefficient (Wildman–Crippen LogP) is 2.56. The Kier molecular flexibility index (Phi) is 7.05. The number of para-hydroxylation sites is 1. The summed E-state index contributed by atoms with van der Waals surface area (Å²) in [5, 5.41) is 9.52. The second-order valence-corrected chi connectivity index (χ2v) is 7.08. The maximum absolute atomic E-state index is 13.3. The van der Waals surface area contributed by atoms with Gasteiger partial charge >= 0.3 is 12.5 Å². The number of piperidine rings is 1. The molecule has 0 unspecified atom stereocenters. The molecule has 2 atom stereocenters. The van der Waals surface area contributed by atoms with Crippen LogP contribution in [0.4, 0.5) is 17.6 Å². The van der Waals surface area contributed by atoms with E-state index in [1.807, 2.05) is 19.0 Å². The number of benzene rings is 1. The molecule has 0 spiro atoms. The topological polar surface area (TPSA) is 53.0 Å². The molecule has 0 aliphatic carbocycles. The van der Waals surface area contributed by atoms with E-state index in [1.54, 1.807) is 0 Å². The minimum Gasteiger partial charge on any atom is -0.427 e. The third-order valence-electron chi connectivity index (χ3n) is 4.41. The zero-order valence-corrected chi connectivity index (χ0v) is 15.2. The van der Waals surface area contributed by atoms with Crippen LogP contribution >= 0.6 is 0 Å². The summed E-state index contributed by atoms with van der Waals surface area (Å²) in [4.78, 5) is 16.3. The lowest BCUT2D eigenvalue weighted by Gasteiger charge is -2.38. The molecule has 1 heterocycles. The van der Waals surface area contributed by atoms with Crippen molar-refractivity contribution in [3.63, 3.8) is 0 Å². The molecule has 0 bridgehead atoms. The number of carbonyl (C=O) groups is 1. The van der Waals surface area contributed by atoms with E-state index in [4.69, 9.17) is 0 Å². The van der Waals surface area contributed by atoms with Crippen LogP contribution < -0.4 is 4.74 Å². The van der Waals surface area contributed by atoms with Crippen LogP contribution in [0, 0.1) is 11.8 Å². The minimum atomic E-state index is -4.70. The Labute approximate surface area is 155 Å². The smallest absolute Gasteiger partial charge is 0.427 e. The fourth-order valence-corrected chi connectivity index (χ4v) is 3.36. The molecule has 1 fully saturated rings. The van der Waals surface area contributed by atoms with E-state index in [9.17, 15) is 27.5 Å². The van der Waals surface area contributed by atoms with Crippen LogP contribution in [-0.2, 0) is 0 Å². The minimum absolute atomic E-state index is 0.102. The van der Waals surface area contributed by atoms with Gasteiger partial charge in [0.1, 0.15) is 5.75 Å². The number of ether oxygens (including phenoxy) is 1. The van der Waals surface area contributed by atoms with Crippen LogP contribution in [0.15, 0.2) is 24.3 Å². The summed E-state index contributed by atoms with van der Waals surface area (Å²) in [5.41, 5.74) is -0.208. The van der Waals surface area contributed by atoms with Gasteiger partial charge in [0.25, 0.3) is 5.91 Å². The van der Waals surface area contributed by atoms with Gasteiger partial charge < -0.3 is 19.6 Å². The van der Waals surface area contributed by atoms with E-state index in [2.05, 4.69) is 4.74 Å². The van der Waals surface area contributed by atoms with E-state index in [0.29, 0.717) is 13.1 Å². The number of hydrogen-bond donors (Lipinski definition) is 1. The van der Waals surface area contributed by atoms with E-state index in [1.165, 1.54) is 23.1 Å². The third-order valence-corrected chi connectivity index (χ3v) is 4.41. The predicted molar refractivity (Wildman–Crippen MR) is 91.2 cm³/mol. The largest absolute Gasteiger partial charge is 0.461 e. The molecule has 1 N–H and O–H groups in total. The van der Waals surface area contributed by atoms with Crippen molar-refractivity contribution in [2.24, 2.45) is 11.8 Å². The first kappa shape index (κ1) is 21.4. The number of hydrogen-bond acceptors (Lipinski definition) is 4. The Morgan fingerprint density at radius 2 is 1.93 bits per heavy atom. The molecular weight excluding hydrogens is 368 g/mol. The Morgan fingerprint density at radius 1 is 1.30 bits per heavy atom. The second kappa shape index (κ2) is 8.88. The molecule has 1 saturated heterocycles. The fraction of sp³-hybridized carbons (Fsp3) is 0.611. The SMILES string of the molecule is CN(C)C[C@@H]1C[C@H](CO)CN(C(=O)c2ccccc2OC(F)(F)C(F)F)C1. The molecule has 152 valence electrons. The third kappa shape index (κ3) is 5.55. The maximum atomic E-state index is 13.3. The average molecular weight is 392 g/mol. The molecule has 0 saturated carbocycles. The lowest BCUT2D eigenvalue weighted by Crippen LogP contribution is -2.47. The molecule has 1 aromatic carbocycles. The summed E-state index contributed by atoms with van der Waals surface area (Å²) in [6, 6.07) is 5.11. The first-order valence-corrected chi connectivity index (χ1v) is 8.63. The molecule has 27 heavy (non-hydrogen) atoms. The van der Waals surface area contributed by atoms with Crippen LogP contribution in [0.1, 0.15) is 16.8 Å². The van der Waals surface area contributed by atoms with Crippen molar-refractivity contribution in [2.45, 2.75) is 19.0 Å². The highest BCUT2D eigenvalue weighted by atomic mass is 19.3. The zero-order valence-electron chi connectivity index (χ0n) is 15.2. The van der Waals surface area contributed by atoms with Crippen LogP contribution in [0.5, 0.6) is 5.75 Å². The molecule has 9 heteroatoms. The Hall–Kier alpha value is -1.87. The Bertz CT molecular complexity index is 643. The van der Waals surface area contributed by atoms with Crippen molar-refractivity contribution in [1.29, 1.82) is 0 Å². The first-order chi connectivity index (χ1) is 12.6. The van der Waals surface area contributed by atoms with Crippen molar-refractivity contribution >= 4 is 5.91 Å². The van der Waals surface area contributed by atoms with Crippen molar-refractivity contribution in [2.75, 3.05) is 40.3 Å². The van der Waals surface area contributed by atoms with E-state index in [-0.39, 0.29) is 30.6 Å². The van der Waals surface area contributed by atoms with Gasteiger partial charge in [0, 0.05) is 26.2 Å². The van der Waals surface area contributed by atoms with E-state index < -0.39 is 24.2 Å². The van der Waals surface area contributed by atoms with Crippen molar-refractivity contribution in [1.82, 2.24) is 9.80 Å². The summed E-state index contributed by atoms with van der Waals surface area (Å²) in [6.45, 7) is 1.24. The standard InChI is InChI=1S/C18H24F4N2O3/c1-23(2)8-12-7-13(11-25)10-24(9-12)16(26)14-5-3-4-6-15(14)27-18(21,22)17(19)20/h3-6,12-13,17,25H,7-11H2,1-2H3/t12-,13-/m0/s1. The van der Waals surface area contributed by atoms with Gasteiger partial charge in [0.15, 0.2) is 0 Å². The van der Waals surface area contributed by atoms with Gasteiger partial charge in [0.2, 0.25) is 0 Å². The monoisotopic (exact) mass is 392 g/mol. The van der Waals surface area contributed by atoms with E-state index in [0.717, 1.165) is 12.5 Å². The number of nitrogens with zero attached hydrogens (tertiary/aromatic N) is 2. The number of likely N-dealkylation sites (tertiary alicyclic amines) is 1. The second-order valence-electron chi connectivity index (χ2n) is 7.08. The van der Waals surface area contributed by atoms with Gasteiger partial charge in [-0.05, 0) is 44.5 Å². The fourth-order valence-electron chi connectivity index (χ4n) is 3.36. The van der Waals surface area contributed by atoms with Gasteiger partial charge in [0.05, 0.1) is 5.56 Å². The molecule has 5 nitrogen and oxygen atoms in total. The number of aliphatic hydroxyl groups is 1. The van der Waals surface area contributed by atoms with Crippen LogP contribution in [0.3, 0.4) is 0 Å². The first-order valence-electron chi connectivity index (χ1n) is 8.63. The lowest BCUT2D eigenvalue weighted by molar-refractivity contribution is -0.253. The highest BCUT2D eigenvalue weighted by molar-refractivity contribution is 5.97. The number of alkyl halides is 4. The molecule has 2 rings (SSSR count). The normalized spacial score (nSPS) is 21.0. The molecule has 0 radical (unpaired) electrons. The number of carbonyl (C=O) groups excluding carboxylic acids is 1. The van der Waals surface area contributed by atoms with Crippen molar-refractivity contribution < 1.29 is 32.2 Å². The van der Waals surface area contributed by atoms with Gasteiger partial charge in [-0.15, -0.1) is 0 Å². The number of amides is 1. The zero-order chi connectivity index (χ0) is 20.2. The van der Waals surface area contributed by atoms with Gasteiger partial charge in [-0.1, -0.05) is 12.1 Å². The number of halogens is 4.